The van der Waals surface area contributed by atoms with E-state index >= 15 is 0 Å². The van der Waals surface area contributed by atoms with Crippen molar-refractivity contribution in [1.29, 1.82) is 0 Å². The van der Waals surface area contributed by atoms with Crippen molar-refractivity contribution in [3.8, 4) is 5.75 Å². The number of anilines is 1. The minimum Gasteiger partial charge on any atom is -0.482 e. The highest BCUT2D eigenvalue weighted by Crippen LogP contribution is 2.28. The van der Waals surface area contributed by atoms with Crippen LogP contribution < -0.4 is 15.4 Å². The van der Waals surface area contributed by atoms with Crippen LogP contribution in [0.4, 0.5) is 18.9 Å². The third-order valence-electron chi connectivity index (χ3n) is 6.23. The molecule has 0 radical (unpaired) electrons. The maximum Gasteiger partial charge on any atom is 0.490 e. The van der Waals surface area contributed by atoms with E-state index in [9.17, 15) is 27.6 Å². The number of alkyl halides is 3. The molecule has 13 nitrogen and oxygen atoms in total. The molecule has 1 fully saturated rings. The molecule has 41 heavy (non-hydrogen) atoms. The number of hydrogen-bond donors (Lipinski definition) is 2. The van der Waals surface area contributed by atoms with Gasteiger partial charge in [0, 0.05) is 13.0 Å². The quantitative estimate of drug-likeness (QED) is 0.460. The maximum atomic E-state index is 12.9. The van der Waals surface area contributed by atoms with Gasteiger partial charge < -0.3 is 34.4 Å². The number of esters is 1. The molecule has 0 saturated carbocycles. The lowest BCUT2D eigenvalue weighted by molar-refractivity contribution is -0.212. The second kappa shape index (κ2) is 11.7. The zero-order valence-electron chi connectivity index (χ0n) is 21.5. The van der Waals surface area contributed by atoms with Gasteiger partial charge >= 0.3 is 12.1 Å². The van der Waals surface area contributed by atoms with E-state index in [4.69, 9.17) is 19.0 Å². The fraction of sp³-hybridized carbons (Fsp3) is 0.440. The number of carbonyl (C=O) groups excluding carboxylic acids is 3. The number of hydrogen-bond acceptors (Lipinski definition) is 11. The molecule has 1 saturated heterocycles. The van der Waals surface area contributed by atoms with Crippen molar-refractivity contribution in [3.05, 3.63) is 47.0 Å². The van der Waals surface area contributed by atoms with Crippen molar-refractivity contribution in [3.63, 3.8) is 0 Å². The van der Waals surface area contributed by atoms with Crippen LogP contribution in [0.2, 0.25) is 0 Å². The Kier molecular flexibility index (Phi) is 8.03. The summed E-state index contributed by atoms with van der Waals surface area (Å²) >= 11 is 0. The van der Waals surface area contributed by atoms with Gasteiger partial charge in [-0.3, -0.25) is 9.59 Å². The minimum atomic E-state index is -5.08. The molecule has 218 valence electrons. The number of nitrogens with one attached hydrogen (secondary N) is 2. The third kappa shape index (κ3) is 6.89. The molecule has 0 spiro atoms. The highest BCUT2D eigenvalue weighted by molar-refractivity contribution is 6.02. The van der Waals surface area contributed by atoms with Gasteiger partial charge in [-0.15, -0.1) is 0 Å². The monoisotopic (exact) mass is 579 g/mol. The summed E-state index contributed by atoms with van der Waals surface area (Å²) in [6.07, 6.45) is -6.81. The van der Waals surface area contributed by atoms with Crippen LogP contribution >= 0.6 is 0 Å². The van der Waals surface area contributed by atoms with E-state index in [0.29, 0.717) is 28.7 Å². The van der Waals surface area contributed by atoms with Gasteiger partial charge in [-0.2, -0.15) is 13.2 Å². The lowest BCUT2D eigenvalue weighted by Crippen LogP contribution is -2.44. The van der Waals surface area contributed by atoms with Crippen LogP contribution in [0.15, 0.2) is 29.4 Å². The Balaban J connectivity index is 1.13. The van der Waals surface area contributed by atoms with Crippen LogP contribution in [0.3, 0.4) is 0 Å². The average molecular weight is 579 g/mol. The van der Waals surface area contributed by atoms with Crippen molar-refractivity contribution in [1.82, 2.24) is 15.3 Å². The molecule has 2 aromatic rings. The summed E-state index contributed by atoms with van der Waals surface area (Å²) in [5, 5.41) is 9.57. The lowest BCUT2D eigenvalue weighted by atomic mass is 10.0. The van der Waals surface area contributed by atoms with Gasteiger partial charge in [0.05, 0.1) is 24.6 Å². The van der Waals surface area contributed by atoms with Crippen molar-refractivity contribution < 1.29 is 51.3 Å². The Hall–Kier alpha value is -4.31. The summed E-state index contributed by atoms with van der Waals surface area (Å²) in [5.74, 6) is -2.13. The standard InChI is InChI=1S/C25H24F3N5O8/c1-12-30-15(5-18(31-12)23(35)29-7-13-2-3-19-17(4-13)32-22(34)11-39-19)16-6-20(41-33-16)21-10-37-14(8-38-21)9-40-24(36)25(26,27)28/h2-5,14,20-21H,6-11H2,1H3,(H,29,35)(H,32,34)/t14-,20+,21+/m0/s1. The number of carbonyl (C=O) groups is 3. The number of nitrogens with zero attached hydrogens (tertiary/aromatic N) is 3. The number of fused-ring (bicyclic) bond motifs is 1. The number of rotatable bonds is 7. The summed E-state index contributed by atoms with van der Waals surface area (Å²) < 4.78 is 57.5. The first-order valence-electron chi connectivity index (χ1n) is 12.4. The number of amides is 2. The summed E-state index contributed by atoms with van der Waals surface area (Å²) in [7, 11) is 0. The summed E-state index contributed by atoms with van der Waals surface area (Å²) in [6.45, 7) is 1.03. The highest BCUT2D eigenvalue weighted by Gasteiger charge is 2.42. The van der Waals surface area contributed by atoms with E-state index in [-0.39, 0.29) is 44.4 Å². The van der Waals surface area contributed by atoms with Gasteiger partial charge in [0.15, 0.2) is 12.7 Å². The van der Waals surface area contributed by atoms with Crippen molar-refractivity contribution in [2.45, 2.75) is 44.4 Å². The predicted molar refractivity (Wildman–Crippen MR) is 131 cm³/mol. The minimum absolute atomic E-state index is 0.0172. The molecule has 0 unspecified atom stereocenters. The lowest BCUT2D eigenvalue weighted by Gasteiger charge is -2.31. The second-order valence-corrected chi connectivity index (χ2v) is 9.34. The van der Waals surface area contributed by atoms with E-state index in [1.165, 1.54) is 6.07 Å². The van der Waals surface area contributed by atoms with Crippen LogP contribution in [-0.2, 0) is 35.2 Å². The molecule has 0 bridgehead atoms. The number of ether oxygens (including phenoxy) is 4. The molecule has 5 rings (SSSR count). The molecule has 16 heteroatoms. The zero-order chi connectivity index (χ0) is 29.1. The van der Waals surface area contributed by atoms with Crippen LogP contribution in [0.5, 0.6) is 5.75 Å². The summed E-state index contributed by atoms with van der Waals surface area (Å²) in [6, 6.07) is 6.67. The van der Waals surface area contributed by atoms with Crippen LogP contribution in [-0.4, -0.2) is 84.4 Å². The Bertz CT molecular complexity index is 1380. The first-order valence-corrected chi connectivity index (χ1v) is 12.4. The van der Waals surface area contributed by atoms with Crippen LogP contribution in [0, 0.1) is 6.92 Å². The number of aromatic nitrogens is 2. The fourth-order valence-corrected chi connectivity index (χ4v) is 4.21. The highest BCUT2D eigenvalue weighted by atomic mass is 19.4. The fourth-order valence-electron chi connectivity index (χ4n) is 4.21. The largest absolute Gasteiger partial charge is 0.490 e. The number of halogens is 3. The Labute approximate surface area is 230 Å². The van der Waals surface area contributed by atoms with Crippen LogP contribution in [0.25, 0.3) is 0 Å². The van der Waals surface area contributed by atoms with Gasteiger partial charge in [-0.25, -0.2) is 14.8 Å². The molecule has 1 aromatic heterocycles. The van der Waals surface area contributed by atoms with Gasteiger partial charge in [0.2, 0.25) is 0 Å². The van der Waals surface area contributed by atoms with Gasteiger partial charge in [-0.1, -0.05) is 11.2 Å². The van der Waals surface area contributed by atoms with Crippen LogP contribution in [0.1, 0.15) is 34.0 Å². The van der Waals surface area contributed by atoms with Gasteiger partial charge in [-0.05, 0) is 30.7 Å². The van der Waals surface area contributed by atoms with Gasteiger partial charge in [0.1, 0.15) is 41.8 Å². The number of oxime groups is 1. The van der Waals surface area contributed by atoms with E-state index in [2.05, 4.69) is 30.5 Å². The average Bonchev–Trinajstić information content (AvgIpc) is 3.44. The maximum absolute atomic E-state index is 12.9. The second-order valence-electron chi connectivity index (χ2n) is 9.34. The molecule has 3 atom stereocenters. The smallest absolute Gasteiger partial charge is 0.482 e. The Morgan fingerprint density at radius 2 is 1.98 bits per heavy atom. The van der Waals surface area contributed by atoms with Gasteiger partial charge in [0.25, 0.3) is 11.8 Å². The van der Waals surface area contributed by atoms with Crippen molar-refractivity contribution in [2.24, 2.45) is 5.16 Å². The third-order valence-corrected chi connectivity index (χ3v) is 6.23. The van der Waals surface area contributed by atoms with Crippen molar-refractivity contribution in [2.75, 3.05) is 31.7 Å². The number of benzene rings is 1. The number of aryl methyl sites for hydroxylation is 1. The molecule has 2 N–H and O–H groups in total. The molecule has 3 aliphatic heterocycles. The molecule has 0 aliphatic carbocycles. The topological polar surface area (TPSA) is 160 Å². The Morgan fingerprint density at radius 1 is 1.15 bits per heavy atom. The molecular formula is C25H24F3N5O8. The molecule has 2 amide bonds. The summed E-state index contributed by atoms with van der Waals surface area (Å²) in [5.41, 5.74) is 2.20. The van der Waals surface area contributed by atoms with E-state index in [1.807, 2.05) is 0 Å². The van der Waals surface area contributed by atoms with E-state index < -0.39 is 43.0 Å². The Morgan fingerprint density at radius 3 is 2.73 bits per heavy atom. The zero-order valence-corrected chi connectivity index (χ0v) is 21.5. The first kappa shape index (κ1) is 28.2. The summed E-state index contributed by atoms with van der Waals surface area (Å²) in [4.78, 5) is 49.4. The van der Waals surface area contributed by atoms with E-state index in [0.717, 1.165) is 5.56 Å². The molecule has 4 heterocycles. The molecule has 1 aromatic carbocycles. The molecule has 3 aliphatic rings. The van der Waals surface area contributed by atoms with E-state index in [1.54, 1.807) is 25.1 Å². The first-order chi connectivity index (χ1) is 19.5. The predicted octanol–water partition coefficient (Wildman–Crippen LogP) is 1.43. The van der Waals surface area contributed by atoms with Crippen molar-refractivity contribution >= 4 is 29.2 Å². The molecular weight excluding hydrogens is 555 g/mol. The SMILES string of the molecule is Cc1nc(C(=O)NCc2ccc3c(c2)NC(=O)CO3)cc(C2=NO[C@@H]([C@H]3CO[C@H](COC(=O)C(F)(F)F)CO3)C2)n1. The normalized spacial score (nSPS) is 22.0.